The van der Waals surface area contributed by atoms with Crippen LogP contribution in [0.2, 0.25) is 0 Å². The van der Waals surface area contributed by atoms with E-state index in [0.717, 1.165) is 21.7 Å². The van der Waals surface area contributed by atoms with Crippen LogP contribution in [0.15, 0.2) is 81.9 Å². The number of hydrogen-bond acceptors (Lipinski definition) is 8. The second kappa shape index (κ2) is 9.86. The lowest BCUT2D eigenvalue weighted by molar-refractivity contribution is 0.0964. The molecule has 6 rings (SSSR count). The molecule has 0 bridgehead atoms. The molecule has 11 heteroatoms. The lowest BCUT2D eigenvalue weighted by atomic mass is 10.00. The minimum absolute atomic E-state index is 0.330. The van der Waals surface area contributed by atoms with Crippen molar-refractivity contribution in [3.05, 3.63) is 84.2 Å². The van der Waals surface area contributed by atoms with Gasteiger partial charge in [-0.25, -0.2) is 18.4 Å². The number of aryl methyl sites for hydroxylation is 1. The molecule has 6 aromatic rings. The molecule has 0 saturated carbocycles. The van der Waals surface area contributed by atoms with E-state index >= 15 is 0 Å². The second-order valence-corrected chi connectivity index (χ2v) is 11.6. The number of nitrogens with one attached hydrogen (secondary N) is 1. The number of oxazole rings is 1. The van der Waals surface area contributed by atoms with E-state index in [9.17, 15) is 13.2 Å². The Morgan fingerprint density at radius 1 is 0.951 bits per heavy atom. The first-order valence-electron chi connectivity index (χ1n) is 12.7. The monoisotopic (exact) mass is 567 g/mol. The van der Waals surface area contributed by atoms with Crippen LogP contribution in [-0.4, -0.2) is 49.6 Å². The van der Waals surface area contributed by atoms with Gasteiger partial charge >= 0.3 is 0 Å². The topological polar surface area (TPSA) is 131 Å². The van der Waals surface area contributed by atoms with E-state index in [1.807, 2.05) is 31.2 Å². The third-order valence-electron chi connectivity index (χ3n) is 6.86. The summed E-state index contributed by atoms with van der Waals surface area (Å²) in [4.78, 5) is 26.5. The number of nitrogens with zero attached hydrogens (tertiary/aromatic N) is 4. The van der Waals surface area contributed by atoms with Gasteiger partial charge in [0.2, 0.25) is 21.6 Å². The van der Waals surface area contributed by atoms with Crippen molar-refractivity contribution in [2.24, 2.45) is 0 Å². The number of sulfonamides is 1. The molecule has 4 heterocycles. The number of aromatic nitrogens is 3. The summed E-state index contributed by atoms with van der Waals surface area (Å²) in [6, 6.07) is 18.1. The highest BCUT2D eigenvalue weighted by Crippen LogP contribution is 2.41. The number of rotatable bonds is 6. The summed E-state index contributed by atoms with van der Waals surface area (Å²) in [5.74, 6) is 0.387. The fourth-order valence-corrected chi connectivity index (χ4v) is 5.15. The molecule has 1 N–H and O–H groups in total. The van der Waals surface area contributed by atoms with Crippen LogP contribution in [0.1, 0.15) is 15.9 Å². The van der Waals surface area contributed by atoms with E-state index < -0.39 is 10.0 Å². The summed E-state index contributed by atoms with van der Waals surface area (Å²) in [5, 5.41) is 3.21. The SMILES string of the molecule is CNC(=O)c1c(-c2ccc(C)cc2)oc2cc(N(C)S(C)(=O)=O)c(-c3cc(-c4nc5cccnc5o4)ccn3)cc12. The first-order valence-corrected chi connectivity index (χ1v) is 14.5. The van der Waals surface area contributed by atoms with Crippen LogP contribution in [0.4, 0.5) is 5.69 Å². The average Bonchev–Trinajstić information content (AvgIpc) is 3.57. The molecule has 206 valence electrons. The van der Waals surface area contributed by atoms with Crippen LogP contribution in [0.25, 0.3) is 56.2 Å². The molecular formula is C30H25N5O5S. The zero-order valence-electron chi connectivity index (χ0n) is 22.7. The molecule has 0 saturated heterocycles. The Morgan fingerprint density at radius 2 is 1.73 bits per heavy atom. The predicted octanol–water partition coefficient (Wildman–Crippen LogP) is 5.43. The Labute approximate surface area is 235 Å². The highest BCUT2D eigenvalue weighted by atomic mass is 32.2. The molecular weight excluding hydrogens is 542 g/mol. The summed E-state index contributed by atoms with van der Waals surface area (Å²) < 4.78 is 38.6. The Balaban J connectivity index is 1.61. The lowest BCUT2D eigenvalue weighted by Crippen LogP contribution is -2.25. The van der Waals surface area contributed by atoms with Crippen molar-refractivity contribution in [2.45, 2.75) is 6.92 Å². The third kappa shape index (κ3) is 4.70. The second-order valence-electron chi connectivity index (χ2n) is 9.62. The Bertz CT molecular complexity index is 2030. The first kappa shape index (κ1) is 26.2. The molecule has 4 aromatic heterocycles. The van der Waals surface area contributed by atoms with Crippen molar-refractivity contribution in [1.29, 1.82) is 0 Å². The van der Waals surface area contributed by atoms with Crippen LogP contribution >= 0.6 is 0 Å². The lowest BCUT2D eigenvalue weighted by Gasteiger charge is -2.20. The largest absolute Gasteiger partial charge is 0.455 e. The van der Waals surface area contributed by atoms with Crippen molar-refractivity contribution in [3.8, 4) is 34.0 Å². The van der Waals surface area contributed by atoms with Gasteiger partial charge in [-0.15, -0.1) is 0 Å². The summed E-state index contributed by atoms with van der Waals surface area (Å²) in [5.41, 5.74) is 5.36. The number of amides is 1. The van der Waals surface area contributed by atoms with Gasteiger partial charge in [0.1, 0.15) is 16.9 Å². The number of benzene rings is 2. The average molecular weight is 568 g/mol. The van der Waals surface area contributed by atoms with Gasteiger partial charge in [-0.05, 0) is 37.3 Å². The van der Waals surface area contributed by atoms with Gasteiger partial charge in [0.15, 0.2) is 0 Å². The molecule has 0 aliphatic carbocycles. The molecule has 0 radical (unpaired) electrons. The molecule has 0 aliphatic rings. The van der Waals surface area contributed by atoms with Gasteiger partial charge in [0, 0.05) is 54.6 Å². The Kier molecular flexibility index (Phi) is 6.30. The number of pyridine rings is 2. The smallest absolute Gasteiger partial charge is 0.255 e. The minimum atomic E-state index is -3.67. The number of anilines is 1. The van der Waals surface area contributed by atoms with Crippen LogP contribution in [0, 0.1) is 6.92 Å². The molecule has 0 spiro atoms. The zero-order chi connectivity index (χ0) is 28.9. The van der Waals surface area contributed by atoms with E-state index in [1.165, 1.54) is 7.05 Å². The van der Waals surface area contributed by atoms with Crippen LogP contribution in [0.3, 0.4) is 0 Å². The fraction of sp³-hybridized carbons (Fsp3) is 0.133. The normalized spacial score (nSPS) is 11.7. The summed E-state index contributed by atoms with van der Waals surface area (Å²) in [6.07, 6.45) is 4.33. The van der Waals surface area contributed by atoms with E-state index in [1.54, 1.807) is 55.8 Å². The van der Waals surface area contributed by atoms with Gasteiger partial charge in [-0.1, -0.05) is 29.8 Å². The number of fused-ring (bicyclic) bond motifs is 2. The Hall–Kier alpha value is -5.03. The van der Waals surface area contributed by atoms with Crippen LogP contribution in [-0.2, 0) is 10.0 Å². The van der Waals surface area contributed by atoms with E-state index in [0.29, 0.717) is 61.9 Å². The van der Waals surface area contributed by atoms with E-state index in [-0.39, 0.29) is 5.91 Å². The molecule has 1 amide bonds. The molecule has 0 aliphatic heterocycles. The Morgan fingerprint density at radius 3 is 2.44 bits per heavy atom. The fourth-order valence-electron chi connectivity index (χ4n) is 4.64. The molecule has 0 unspecified atom stereocenters. The maximum absolute atomic E-state index is 13.2. The van der Waals surface area contributed by atoms with Gasteiger partial charge in [0.05, 0.1) is 23.2 Å². The summed E-state index contributed by atoms with van der Waals surface area (Å²) in [6.45, 7) is 1.97. The highest BCUT2D eigenvalue weighted by Gasteiger charge is 2.26. The van der Waals surface area contributed by atoms with Gasteiger partial charge in [-0.2, -0.15) is 0 Å². The van der Waals surface area contributed by atoms with Crippen molar-refractivity contribution in [3.63, 3.8) is 0 Å². The quantitative estimate of drug-likeness (QED) is 0.282. The van der Waals surface area contributed by atoms with Gasteiger partial charge < -0.3 is 14.2 Å². The number of furan rings is 1. The van der Waals surface area contributed by atoms with Crippen LogP contribution < -0.4 is 9.62 Å². The molecule has 0 fully saturated rings. The van der Waals surface area contributed by atoms with Gasteiger partial charge in [0.25, 0.3) is 5.91 Å². The van der Waals surface area contributed by atoms with E-state index in [2.05, 4.69) is 20.3 Å². The van der Waals surface area contributed by atoms with Crippen molar-refractivity contribution >= 4 is 43.8 Å². The maximum atomic E-state index is 13.2. The number of carbonyl (C=O) groups is 1. The summed E-state index contributed by atoms with van der Waals surface area (Å²) >= 11 is 0. The first-order chi connectivity index (χ1) is 19.6. The minimum Gasteiger partial charge on any atom is -0.455 e. The molecule has 0 atom stereocenters. The van der Waals surface area contributed by atoms with Crippen molar-refractivity contribution < 1.29 is 22.0 Å². The van der Waals surface area contributed by atoms with Crippen LogP contribution in [0.5, 0.6) is 0 Å². The third-order valence-corrected chi connectivity index (χ3v) is 8.05. The highest BCUT2D eigenvalue weighted by molar-refractivity contribution is 7.92. The maximum Gasteiger partial charge on any atom is 0.255 e. The molecule has 2 aromatic carbocycles. The van der Waals surface area contributed by atoms with E-state index in [4.69, 9.17) is 8.83 Å². The standard InChI is InChI=1S/C30H25N5O5S/c1-17-7-9-18(10-8-17)27-26(28(36)31-2)21-15-20(24(16-25(21)39-27)35(3)41(4,37)38)23-14-19(11-13-32-23)29-34-22-6-5-12-33-30(22)40-29/h5-16H,1-4H3,(H,31,36). The predicted molar refractivity (Wildman–Crippen MR) is 157 cm³/mol. The zero-order valence-corrected chi connectivity index (χ0v) is 23.5. The van der Waals surface area contributed by atoms with Crippen molar-refractivity contribution in [1.82, 2.24) is 20.3 Å². The van der Waals surface area contributed by atoms with Gasteiger partial charge in [-0.3, -0.25) is 14.1 Å². The molecule has 10 nitrogen and oxygen atoms in total. The summed E-state index contributed by atoms with van der Waals surface area (Å²) in [7, 11) is -0.664. The van der Waals surface area contributed by atoms with Crippen molar-refractivity contribution in [2.75, 3.05) is 24.7 Å². The number of carbonyl (C=O) groups excluding carboxylic acids is 1. The molecule has 41 heavy (non-hydrogen) atoms. The number of hydrogen-bond donors (Lipinski definition) is 1.